The number of nitrogen functional groups attached to an aromatic ring is 1. The molecule has 0 unspecified atom stereocenters. The number of nitriles is 1. The molecule has 0 aromatic carbocycles. The molecule has 3 N–H and O–H groups in total. The second-order valence-electron chi connectivity index (χ2n) is 5.54. The van der Waals surface area contributed by atoms with Crippen LogP contribution in [0.15, 0.2) is 23.7 Å². The van der Waals surface area contributed by atoms with Crippen LogP contribution in [0.4, 0.5) is 5.82 Å². The van der Waals surface area contributed by atoms with Crippen molar-refractivity contribution in [3.05, 3.63) is 35.0 Å². The van der Waals surface area contributed by atoms with E-state index in [1.807, 2.05) is 22.2 Å². The minimum atomic E-state index is 0.210. The molecule has 3 aromatic rings. The summed E-state index contributed by atoms with van der Waals surface area (Å²) in [5, 5.41) is 20.2. The summed E-state index contributed by atoms with van der Waals surface area (Å²) in [4.78, 5) is 8.60. The number of pyridine rings is 1. The molecule has 7 nitrogen and oxygen atoms in total. The van der Waals surface area contributed by atoms with Crippen molar-refractivity contribution in [1.82, 2.24) is 25.1 Å². The third-order valence-corrected chi connectivity index (χ3v) is 4.78. The zero-order valence-electron chi connectivity index (χ0n) is 12.9. The number of nitrogens with two attached hydrogens (primary N) is 1. The molecule has 4 heterocycles. The van der Waals surface area contributed by atoms with Gasteiger partial charge >= 0.3 is 0 Å². The number of anilines is 1. The second-order valence-corrected chi connectivity index (χ2v) is 6.43. The van der Waals surface area contributed by atoms with Gasteiger partial charge in [-0.05, 0) is 25.1 Å². The van der Waals surface area contributed by atoms with Gasteiger partial charge in [-0.2, -0.15) is 10.4 Å². The molecule has 120 valence electrons. The predicted molar refractivity (Wildman–Crippen MR) is 92.0 cm³/mol. The average molecular weight is 337 g/mol. The van der Waals surface area contributed by atoms with Gasteiger partial charge in [-0.15, -0.1) is 11.3 Å². The molecular formula is C16H15N7S. The number of thiazole rings is 1. The number of hydrogen-bond donors (Lipinski definition) is 2. The smallest absolute Gasteiger partial charge is 0.142 e. The van der Waals surface area contributed by atoms with Crippen LogP contribution < -0.4 is 11.1 Å². The Labute approximate surface area is 142 Å². The first kappa shape index (κ1) is 14.8. The fourth-order valence-electron chi connectivity index (χ4n) is 2.84. The molecule has 0 radical (unpaired) electrons. The Morgan fingerprint density at radius 2 is 2.25 bits per heavy atom. The number of rotatable bonds is 2. The molecule has 1 aliphatic heterocycles. The first-order chi connectivity index (χ1) is 11.8. The van der Waals surface area contributed by atoms with E-state index in [1.54, 1.807) is 6.20 Å². The van der Waals surface area contributed by atoms with Gasteiger partial charge in [0.15, 0.2) is 0 Å². The Bertz CT molecular complexity index is 897. The lowest BCUT2D eigenvalue weighted by Gasteiger charge is -2.06. The molecule has 24 heavy (non-hydrogen) atoms. The van der Waals surface area contributed by atoms with E-state index in [4.69, 9.17) is 5.73 Å². The van der Waals surface area contributed by atoms with Crippen molar-refractivity contribution in [2.75, 3.05) is 12.3 Å². The number of nitrogens with zero attached hydrogens (tertiary/aromatic N) is 5. The minimum absolute atomic E-state index is 0.210. The van der Waals surface area contributed by atoms with Crippen molar-refractivity contribution in [2.24, 2.45) is 0 Å². The summed E-state index contributed by atoms with van der Waals surface area (Å²) in [5.41, 5.74) is 9.60. The molecule has 0 fully saturated rings. The maximum atomic E-state index is 9.50. The summed E-state index contributed by atoms with van der Waals surface area (Å²) in [5.74, 6) is 0.210. The molecule has 4 rings (SSSR count). The lowest BCUT2D eigenvalue weighted by Crippen LogP contribution is -2.11. The Kier molecular flexibility index (Phi) is 3.72. The summed E-state index contributed by atoms with van der Waals surface area (Å²) >= 11 is 1.48. The molecule has 0 aliphatic carbocycles. The van der Waals surface area contributed by atoms with E-state index in [9.17, 15) is 5.26 Å². The normalized spacial score (nSPS) is 14.0. The minimum Gasteiger partial charge on any atom is -0.383 e. The topological polar surface area (TPSA) is 105 Å². The molecule has 0 atom stereocenters. The standard InChI is InChI=1S/C16H15N7S/c17-8-12-11(7-14(21-15(12)18)16-20-3-5-24-16)13-6-10-9-19-2-1-4-23(10)22-13/h3,5-7,19H,1-2,4,9H2,(H2,18,21). The van der Waals surface area contributed by atoms with Gasteiger partial charge in [-0.25, -0.2) is 9.97 Å². The molecule has 8 heteroatoms. The van der Waals surface area contributed by atoms with Gasteiger partial charge in [-0.3, -0.25) is 4.68 Å². The first-order valence-electron chi connectivity index (χ1n) is 7.64. The van der Waals surface area contributed by atoms with Crippen molar-refractivity contribution < 1.29 is 0 Å². The van der Waals surface area contributed by atoms with Crippen LogP contribution >= 0.6 is 11.3 Å². The largest absolute Gasteiger partial charge is 0.383 e. The number of aryl methyl sites for hydroxylation is 1. The summed E-state index contributed by atoms with van der Waals surface area (Å²) < 4.78 is 2.00. The van der Waals surface area contributed by atoms with Crippen molar-refractivity contribution in [3.63, 3.8) is 0 Å². The van der Waals surface area contributed by atoms with E-state index in [1.165, 1.54) is 11.3 Å². The SMILES string of the molecule is N#Cc1c(-c2cc3n(n2)CCCNC3)cc(-c2nccs2)nc1N. The monoisotopic (exact) mass is 337 g/mol. The highest BCUT2D eigenvalue weighted by atomic mass is 32.1. The highest BCUT2D eigenvalue weighted by Gasteiger charge is 2.19. The number of nitrogens with one attached hydrogen (secondary N) is 1. The highest BCUT2D eigenvalue weighted by molar-refractivity contribution is 7.13. The Hall–Kier alpha value is -2.76. The summed E-state index contributed by atoms with van der Waals surface area (Å²) in [7, 11) is 0. The molecule has 0 spiro atoms. The molecule has 3 aromatic heterocycles. The fraction of sp³-hybridized carbons (Fsp3) is 0.250. The quantitative estimate of drug-likeness (QED) is 0.741. The molecule has 1 aliphatic rings. The number of aromatic nitrogens is 4. The van der Waals surface area contributed by atoms with E-state index in [0.717, 1.165) is 42.5 Å². The fourth-order valence-corrected chi connectivity index (χ4v) is 3.43. The van der Waals surface area contributed by atoms with Crippen LogP contribution in [0.2, 0.25) is 0 Å². The number of hydrogen-bond acceptors (Lipinski definition) is 7. The Balaban J connectivity index is 1.86. The van der Waals surface area contributed by atoms with Crippen molar-refractivity contribution in [1.29, 1.82) is 5.26 Å². The predicted octanol–water partition coefficient (Wildman–Crippen LogP) is 2.02. The van der Waals surface area contributed by atoms with Crippen LogP contribution in [0.1, 0.15) is 17.7 Å². The first-order valence-corrected chi connectivity index (χ1v) is 8.52. The van der Waals surface area contributed by atoms with Crippen molar-refractivity contribution >= 4 is 17.2 Å². The maximum Gasteiger partial charge on any atom is 0.142 e. The van der Waals surface area contributed by atoms with Gasteiger partial charge in [-0.1, -0.05) is 0 Å². The van der Waals surface area contributed by atoms with Gasteiger partial charge in [0, 0.05) is 30.2 Å². The van der Waals surface area contributed by atoms with Crippen LogP contribution in [0.25, 0.3) is 22.0 Å². The van der Waals surface area contributed by atoms with Crippen LogP contribution in [0.5, 0.6) is 0 Å². The Morgan fingerprint density at radius 1 is 1.33 bits per heavy atom. The second kappa shape index (κ2) is 6.03. The van der Waals surface area contributed by atoms with E-state index < -0.39 is 0 Å². The van der Waals surface area contributed by atoms with Crippen LogP contribution in [-0.2, 0) is 13.1 Å². The third kappa shape index (κ3) is 2.54. The number of fused-ring (bicyclic) bond motifs is 1. The molecule has 0 saturated carbocycles. The van der Waals surface area contributed by atoms with E-state index in [0.29, 0.717) is 16.8 Å². The summed E-state index contributed by atoms with van der Waals surface area (Å²) in [6.45, 7) is 2.62. The third-order valence-electron chi connectivity index (χ3n) is 3.98. The van der Waals surface area contributed by atoms with Gasteiger partial charge in [0.05, 0.1) is 11.4 Å². The average Bonchev–Trinajstić information content (AvgIpc) is 3.20. The lowest BCUT2D eigenvalue weighted by atomic mass is 10.1. The lowest BCUT2D eigenvalue weighted by molar-refractivity contribution is 0.589. The van der Waals surface area contributed by atoms with Gasteiger partial charge in [0.2, 0.25) is 0 Å². The van der Waals surface area contributed by atoms with E-state index in [2.05, 4.69) is 26.5 Å². The zero-order chi connectivity index (χ0) is 16.5. The summed E-state index contributed by atoms with van der Waals surface area (Å²) in [6, 6.07) is 6.02. The Morgan fingerprint density at radius 3 is 3.04 bits per heavy atom. The van der Waals surface area contributed by atoms with Crippen molar-refractivity contribution in [3.8, 4) is 28.0 Å². The van der Waals surface area contributed by atoms with Gasteiger partial charge in [0.1, 0.15) is 28.2 Å². The molecule has 0 saturated heterocycles. The van der Waals surface area contributed by atoms with E-state index >= 15 is 0 Å². The van der Waals surface area contributed by atoms with Crippen LogP contribution in [-0.4, -0.2) is 26.3 Å². The highest BCUT2D eigenvalue weighted by Crippen LogP contribution is 2.31. The van der Waals surface area contributed by atoms with Gasteiger partial charge < -0.3 is 11.1 Å². The molecule has 0 amide bonds. The molecular weight excluding hydrogens is 322 g/mol. The van der Waals surface area contributed by atoms with Crippen molar-refractivity contribution in [2.45, 2.75) is 19.5 Å². The van der Waals surface area contributed by atoms with Crippen LogP contribution in [0, 0.1) is 11.3 Å². The maximum absolute atomic E-state index is 9.50. The summed E-state index contributed by atoms with van der Waals surface area (Å²) in [6.07, 6.45) is 2.75. The zero-order valence-corrected chi connectivity index (χ0v) is 13.7. The van der Waals surface area contributed by atoms with E-state index in [-0.39, 0.29) is 5.82 Å². The van der Waals surface area contributed by atoms with Gasteiger partial charge in [0.25, 0.3) is 0 Å². The molecule has 0 bridgehead atoms. The van der Waals surface area contributed by atoms with Crippen LogP contribution in [0.3, 0.4) is 0 Å².